The van der Waals surface area contributed by atoms with Crippen molar-refractivity contribution in [3.8, 4) is 17.0 Å². The highest BCUT2D eigenvalue weighted by molar-refractivity contribution is 5.98. The average molecular weight is 647 g/mol. The Morgan fingerprint density at radius 2 is 1.68 bits per heavy atom. The summed E-state index contributed by atoms with van der Waals surface area (Å²) >= 11 is 0. The third-order valence-corrected chi connectivity index (χ3v) is 10.0. The van der Waals surface area contributed by atoms with Crippen molar-refractivity contribution in [3.63, 3.8) is 0 Å². The number of benzene rings is 2. The molecule has 0 spiro atoms. The van der Waals surface area contributed by atoms with Gasteiger partial charge in [0.05, 0.1) is 22.8 Å². The van der Waals surface area contributed by atoms with Crippen LogP contribution in [0.1, 0.15) is 88.6 Å². The van der Waals surface area contributed by atoms with Crippen LogP contribution in [0.15, 0.2) is 42.5 Å². The van der Waals surface area contributed by atoms with Crippen LogP contribution in [0.4, 0.5) is 4.79 Å². The molecule has 1 aliphatic carbocycles. The Hall–Kier alpha value is -3.56. The number of hydrogen-bond donors (Lipinski definition) is 1. The van der Waals surface area contributed by atoms with E-state index < -0.39 is 17.1 Å². The van der Waals surface area contributed by atoms with Crippen molar-refractivity contribution in [3.05, 3.63) is 53.6 Å². The van der Waals surface area contributed by atoms with E-state index in [2.05, 4.69) is 60.5 Å². The first-order valence-electron chi connectivity index (χ1n) is 17.1. The average Bonchev–Trinajstić information content (AvgIpc) is 3.32. The molecule has 0 bridgehead atoms. The van der Waals surface area contributed by atoms with Crippen LogP contribution in [0.3, 0.4) is 0 Å². The zero-order valence-corrected chi connectivity index (χ0v) is 29.6. The summed E-state index contributed by atoms with van der Waals surface area (Å²) in [5, 5.41) is 11.1. The molecule has 2 aromatic carbocycles. The first-order valence-corrected chi connectivity index (χ1v) is 17.1. The minimum atomic E-state index is -0.909. The second-order valence-corrected chi connectivity index (χ2v) is 15.3. The molecule has 9 nitrogen and oxygen atoms in total. The number of likely N-dealkylation sites (N-methyl/N-ethyl adjacent to an activating group) is 3. The van der Waals surface area contributed by atoms with Crippen LogP contribution in [0.5, 0.6) is 5.75 Å². The van der Waals surface area contributed by atoms with E-state index in [1.807, 2.05) is 39.0 Å². The lowest BCUT2D eigenvalue weighted by atomic mass is 9.81. The van der Waals surface area contributed by atoms with E-state index in [1.54, 1.807) is 18.0 Å². The standard InChI is InChI=1S/C38H54N4O5/c1-37(2,3)47-36(45)41(8)38(4,5)25-39(6)20-21-40(7)28-23-42-31-22-27(35(43)44)18-19-29(31)33(26-14-10-9-11-15-26)34(42)30-16-12-13-17-32(30)46-24-28/h12-13,16-19,22,26,28H,9-11,14-15,20-21,23-25H2,1-8H3,(H,43,44)/t28-/m1/s1. The highest BCUT2D eigenvalue weighted by Crippen LogP contribution is 2.47. The monoisotopic (exact) mass is 646 g/mol. The summed E-state index contributed by atoms with van der Waals surface area (Å²) in [6.07, 6.45) is 5.66. The number of carboxylic acids is 1. The summed E-state index contributed by atoms with van der Waals surface area (Å²) in [6.45, 7) is 13.2. The Bertz CT molecular complexity index is 1580. The van der Waals surface area contributed by atoms with Gasteiger partial charge < -0.3 is 28.9 Å². The third kappa shape index (κ3) is 7.78. The topological polar surface area (TPSA) is 87.5 Å². The van der Waals surface area contributed by atoms with Gasteiger partial charge in [0, 0.05) is 49.7 Å². The predicted molar refractivity (Wildman–Crippen MR) is 188 cm³/mol. The number of aromatic nitrogens is 1. The summed E-state index contributed by atoms with van der Waals surface area (Å²) in [6, 6.07) is 14.0. The Balaban J connectivity index is 1.42. The van der Waals surface area contributed by atoms with Crippen LogP contribution >= 0.6 is 0 Å². The molecule has 1 fully saturated rings. The van der Waals surface area contributed by atoms with Crippen molar-refractivity contribution in [1.29, 1.82) is 0 Å². The first kappa shape index (κ1) is 34.8. The van der Waals surface area contributed by atoms with Crippen molar-refractivity contribution < 1.29 is 24.2 Å². The van der Waals surface area contributed by atoms with Gasteiger partial charge in [0.1, 0.15) is 18.0 Å². The van der Waals surface area contributed by atoms with Gasteiger partial charge in [-0.3, -0.25) is 4.90 Å². The SMILES string of the molecule is CN(CCN(C)[C@H]1COc2ccccc2-c2c(C3CCCCC3)c3ccc(C(=O)O)cc3n2C1)CC(C)(C)N(C)C(=O)OC(C)(C)C. The van der Waals surface area contributed by atoms with Gasteiger partial charge in [0.25, 0.3) is 0 Å². The van der Waals surface area contributed by atoms with Gasteiger partial charge in [0.15, 0.2) is 0 Å². The molecular weight excluding hydrogens is 592 g/mol. The molecule has 0 radical (unpaired) electrons. The lowest BCUT2D eigenvalue weighted by Gasteiger charge is -2.39. The largest absolute Gasteiger partial charge is 0.491 e. The normalized spacial score (nSPS) is 17.5. The third-order valence-electron chi connectivity index (χ3n) is 10.0. The van der Waals surface area contributed by atoms with Crippen molar-refractivity contribution in [2.24, 2.45) is 0 Å². The second kappa shape index (κ2) is 13.9. The molecule has 1 aromatic heterocycles. The van der Waals surface area contributed by atoms with E-state index in [0.29, 0.717) is 31.2 Å². The van der Waals surface area contributed by atoms with E-state index in [4.69, 9.17) is 9.47 Å². The number of hydrogen-bond acceptors (Lipinski definition) is 6. The van der Waals surface area contributed by atoms with Crippen LogP contribution in [0.2, 0.25) is 0 Å². The van der Waals surface area contributed by atoms with Gasteiger partial charge in [-0.05, 0) is 97.3 Å². The summed E-state index contributed by atoms with van der Waals surface area (Å²) in [7, 11) is 6.03. The molecule has 47 heavy (non-hydrogen) atoms. The number of carboxylic acid groups (broad SMARTS) is 1. The summed E-state index contributed by atoms with van der Waals surface area (Å²) in [5.41, 5.74) is 3.91. The van der Waals surface area contributed by atoms with E-state index in [9.17, 15) is 14.7 Å². The first-order chi connectivity index (χ1) is 22.2. The molecule has 1 atom stereocenters. The van der Waals surface area contributed by atoms with Crippen LogP contribution in [0, 0.1) is 0 Å². The molecule has 256 valence electrons. The van der Waals surface area contributed by atoms with Crippen molar-refractivity contribution >= 4 is 23.0 Å². The van der Waals surface area contributed by atoms with Crippen LogP contribution < -0.4 is 4.74 Å². The van der Waals surface area contributed by atoms with E-state index in [0.717, 1.165) is 48.1 Å². The van der Waals surface area contributed by atoms with Crippen molar-refractivity contribution in [2.75, 3.05) is 47.4 Å². The van der Waals surface area contributed by atoms with Crippen molar-refractivity contribution in [2.45, 2.75) is 96.4 Å². The Morgan fingerprint density at radius 3 is 2.36 bits per heavy atom. The number of nitrogens with zero attached hydrogens (tertiary/aromatic N) is 4. The molecule has 5 rings (SSSR count). The van der Waals surface area contributed by atoms with E-state index in [-0.39, 0.29) is 12.1 Å². The Morgan fingerprint density at radius 1 is 0.979 bits per heavy atom. The maximum atomic E-state index is 12.8. The molecule has 2 aliphatic rings. The zero-order chi connectivity index (χ0) is 34.1. The fraction of sp³-hybridized carbons (Fsp3) is 0.579. The summed E-state index contributed by atoms with van der Waals surface area (Å²) in [5.74, 6) is 0.389. The Kier molecular flexibility index (Phi) is 10.3. The summed E-state index contributed by atoms with van der Waals surface area (Å²) in [4.78, 5) is 31.2. The van der Waals surface area contributed by atoms with Gasteiger partial charge in [-0.25, -0.2) is 9.59 Å². The predicted octanol–water partition coefficient (Wildman–Crippen LogP) is 7.32. The van der Waals surface area contributed by atoms with E-state index in [1.165, 1.54) is 30.5 Å². The summed E-state index contributed by atoms with van der Waals surface area (Å²) < 4.78 is 14.6. The highest BCUT2D eigenvalue weighted by Gasteiger charge is 2.34. The highest BCUT2D eigenvalue weighted by atomic mass is 16.6. The number of carbonyl (C=O) groups excluding carboxylic acids is 1. The number of amides is 1. The number of para-hydroxylation sites is 1. The Labute approximate surface area is 280 Å². The molecule has 2 heterocycles. The number of aromatic carboxylic acids is 1. The zero-order valence-electron chi connectivity index (χ0n) is 29.6. The fourth-order valence-electron chi connectivity index (χ4n) is 7.23. The molecule has 1 N–H and O–H groups in total. The molecule has 1 aliphatic heterocycles. The van der Waals surface area contributed by atoms with Gasteiger partial charge in [-0.15, -0.1) is 0 Å². The maximum absolute atomic E-state index is 12.8. The molecule has 0 unspecified atom stereocenters. The minimum absolute atomic E-state index is 0.0521. The van der Waals surface area contributed by atoms with Crippen LogP contribution in [0.25, 0.3) is 22.2 Å². The number of fused-ring (bicyclic) bond motifs is 5. The van der Waals surface area contributed by atoms with Gasteiger partial charge in [-0.1, -0.05) is 37.5 Å². The molecule has 1 amide bonds. The lowest BCUT2D eigenvalue weighted by Crippen LogP contribution is -2.53. The maximum Gasteiger partial charge on any atom is 0.410 e. The quantitative estimate of drug-likeness (QED) is 0.261. The molecular formula is C38H54N4O5. The molecule has 9 heteroatoms. The van der Waals surface area contributed by atoms with Crippen LogP contribution in [-0.2, 0) is 11.3 Å². The van der Waals surface area contributed by atoms with Crippen LogP contribution in [-0.4, -0.2) is 101 Å². The number of ether oxygens (including phenoxy) is 2. The molecule has 1 saturated carbocycles. The van der Waals surface area contributed by atoms with Gasteiger partial charge in [-0.2, -0.15) is 0 Å². The molecule has 3 aromatic rings. The van der Waals surface area contributed by atoms with Crippen molar-refractivity contribution in [1.82, 2.24) is 19.3 Å². The number of rotatable bonds is 9. The minimum Gasteiger partial charge on any atom is -0.491 e. The smallest absolute Gasteiger partial charge is 0.410 e. The van der Waals surface area contributed by atoms with E-state index >= 15 is 0 Å². The van der Waals surface area contributed by atoms with Gasteiger partial charge in [0.2, 0.25) is 0 Å². The fourth-order valence-corrected chi connectivity index (χ4v) is 7.23. The number of carbonyl (C=O) groups is 2. The molecule has 0 saturated heterocycles. The van der Waals surface area contributed by atoms with Gasteiger partial charge >= 0.3 is 12.1 Å². The lowest BCUT2D eigenvalue weighted by molar-refractivity contribution is 0.00547. The second-order valence-electron chi connectivity index (χ2n) is 15.3.